The van der Waals surface area contributed by atoms with Gasteiger partial charge in [-0.1, -0.05) is 28.1 Å². The number of hydrogen-bond acceptors (Lipinski definition) is 1. The van der Waals surface area contributed by atoms with Crippen molar-refractivity contribution in [2.24, 2.45) is 0 Å². The fourth-order valence-corrected chi connectivity index (χ4v) is 1.55. The number of amides is 2. The maximum Gasteiger partial charge on any atom is 0.317 e. The Morgan fingerprint density at radius 3 is 2.87 bits per heavy atom. The zero-order valence-corrected chi connectivity index (χ0v) is 10.5. The third kappa shape index (κ3) is 3.91. The zero-order chi connectivity index (χ0) is 11.3. The molecule has 15 heavy (non-hydrogen) atoms. The van der Waals surface area contributed by atoms with Crippen LogP contribution in [0.4, 0.5) is 4.79 Å². The molecular weight excluding hydrogens is 256 g/mol. The lowest BCUT2D eigenvalue weighted by molar-refractivity contribution is 0.210. The van der Waals surface area contributed by atoms with E-state index < -0.39 is 0 Å². The largest absolute Gasteiger partial charge is 0.334 e. The molecule has 0 radical (unpaired) electrons. The van der Waals surface area contributed by atoms with Crippen molar-refractivity contribution in [2.45, 2.75) is 13.5 Å². The van der Waals surface area contributed by atoms with Crippen LogP contribution in [0.1, 0.15) is 12.5 Å². The minimum Gasteiger partial charge on any atom is -0.334 e. The van der Waals surface area contributed by atoms with E-state index in [0.29, 0.717) is 13.1 Å². The highest BCUT2D eigenvalue weighted by molar-refractivity contribution is 9.10. The van der Waals surface area contributed by atoms with Crippen LogP contribution in [-0.2, 0) is 6.54 Å². The van der Waals surface area contributed by atoms with E-state index >= 15 is 0 Å². The number of nitrogens with zero attached hydrogens (tertiary/aromatic N) is 1. The molecule has 0 bridgehead atoms. The average molecular weight is 271 g/mol. The number of halogens is 1. The molecular formula is C11H15BrN2O. The predicted molar refractivity (Wildman–Crippen MR) is 64.7 cm³/mol. The van der Waals surface area contributed by atoms with Crippen molar-refractivity contribution < 1.29 is 4.79 Å². The van der Waals surface area contributed by atoms with Gasteiger partial charge in [0.25, 0.3) is 0 Å². The van der Waals surface area contributed by atoms with Crippen molar-refractivity contribution in [1.29, 1.82) is 0 Å². The van der Waals surface area contributed by atoms with Crippen LogP contribution in [0.2, 0.25) is 0 Å². The second-order valence-corrected chi connectivity index (χ2v) is 4.22. The molecule has 0 aliphatic rings. The predicted octanol–water partition coefficient (Wildman–Crippen LogP) is 2.61. The summed E-state index contributed by atoms with van der Waals surface area (Å²) in [6.45, 7) is 3.21. The van der Waals surface area contributed by atoms with Gasteiger partial charge < -0.3 is 10.2 Å². The van der Waals surface area contributed by atoms with Gasteiger partial charge in [0.05, 0.1) is 0 Å². The topological polar surface area (TPSA) is 32.3 Å². The molecule has 1 N–H and O–H groups in total. The van der Waals surface area contributed by atoms with Gasteiger partial charge in [-0.3, -0.25) is 0 Å². The summed E-state index contributed by atoms with van der Waals surface area (Å²) in [6, 6.07) is 7.85. The van der Waals surface area contributed by atoms with Crippen molar-refractivity contribution in [3.05, 3.63) is 34.3 Å². The van der Waals surface area contributed by atoms with E-state index in [1.165, 1.54) is 0 Å². The molecule has 0 saturated carbocycles. The molecule has 0 saturated heterocycles. The minimum atomic E-state index is -0.0440. The highest BCUT2D eigenvalue weighted by atomic mass is 79.9. The van der Waals surface area contributed by atoms with Gasteiger partial charge in [-0.2, -0.15) is 0 Å². The summed E-state index contributed by atoms with van der Waals surface area (Å²) in [7, 11) is 1.77. The van der Waals surface area contributed by atoms with Gasteiger partial charge in [0, 0.05) is 24.6 Å². The Balaban J connectivity index is 2.47. The monoisotopic (exact) mass is 270 g/mol. The maximum absolute atomic E-state index is 11.4. The Morgan fingerprint density at radius 2 is 2.27 bits per heavy atom. The first-order valence-electron chi connectivity index (χ1n) is 4.87. The SMILES string of the molecule is CCN(C)C(=O)NCc1cccc(Br)c1. The number of carbonyl (C=O) groups excluding carboxylic acids is 1. The Kier molecular flexibility index (Phi) is 4.62. The molecule has 3 nitrogen and oxygen atoms in total. The Morgan fingerprint density at radius 1 is 1.53 bits per heavy atom. The molecule has 0 unspecified atom stereocenters. The van der Waals surface area contributed by atoms with Gasteiger partial charge in [-0.15, -0.1) is 0 Å². The Bertz CT molecular complexity index is 341. The first-order chi connectivity index (χ1) is 7.13. The lowest BCUT2D eigenvalue weighted by atomic mass is 10.2. The number of carbonyl (C=O) groups is 1. The highest BCUT2D eigenvalue weighted by Crippen LogP contribution is 2.11. The van der Waals surface area contributed by atoms with Gasteiger partial charge in [0.1, 0.15) is 0 Å². The Labute approximate surface area is 98.6 Å². The van der Waals surface area contributed by atoms with Crippen LogP contribution in [0.25, 0.3) is 0 Å². The van der Waals surface area contributed by atoms with Crippen LogP contribution in [-0.4, -0.2) is 24.5 Å². The molecule has 0 fully saturated rings. The highest BCUT2D eigenvalue weighted by Gasteiger charge is 2.04. The van der Waals surface area contributed by atoms with Crippen LogP contribution < -0.4 is 5.32 Å². The molecule has 0 aromatic heterocycles. The fourth-order valence-electron chi connectivity index (χ4n) is 1.10. The van der Waals surface area contributed by atoms with Crippen LogP contribution in [0, 0.1) is 0 Å². The first kappa shape index (κ1) is 12.0. The van der Waals surface area contributed by atoms with Crippen molar-refractivity contribution in [3.8, 4) is 0 Å². The molecule has 0 atom stereocenters. The summed E-state index contributed by atoms with van der Waals surface area (Å²) in [5.74, 6) is 0. The lowest BCUT2D eigenvalue weighted by Gasteiger charge is -2.15. The smallest absolute Gasteiger partial charge is 0.317 e. The summed E-state index contributed by atoms with van der Waals surface area (Å²) in [5, 5.41) is 2.84. The maximum atomic E-state index is 11.4. The normalized spacial score (nSPS) is 9.80. The summed E-state index contributed by atoms with van der Waals surface area (Å²) in [4.78, 5) is 13.1. The van der Waals surface area contributed by atoms with Crippen molar-refractivity contribution in [3.63, 3.8) is 0 Å². The molecule has 0 aliphatic carbocycles. The van der Waals surface area contributed by atoms with Gasteiger partial charge in [0.2, 0.25) is 0 Å². The average Bonchev–Trinajstić information content (AvgIpc) is 2.25. The summed E-state index contributed by atoms with van der Waals surface area (Å²) in [5.41, 5.74) is 1.09. The number of hydrogen-bond donors (Lipinski definition) is 1. The third-order valence-electron chi connectivity index (χ3n) is 2.15. The van der Waals surface area contributed by atoms with Gasteiger partial charge in [-0.05, 0) is 24.6 Å². The van der Waals surface area contributed by atoms with Crippen LogP contribution in [0.3, 0.4) is 0 Å². The van der Waals surface area contributed by atoms with Gasteiger partial charge in [-0.25, -0.2) is 4.79 Å². The molecule has 1 aromatic carbocycles. The molecule has 1 rings (SSSR count). The van der Waals surface area contributed by atoms with Crippen LogP contribution in [0.15, 0.2) is 28.7 Å². The van der Waals surface area contributed by atoms with Crippen molar-refractivity contribution in [1.82, 2.24) is 10.2 Å². The number of benzene rings is 1. The van der Waals surface area contributed by atoms with Gasteiger partial charge >= 0.3 is 6.03 Å². The minimum absolute atomic E-state index is 0.0440. The first-order valence-corrected chi connectivity index (χ1v) is 5.66. The second-order valence-electron chi connectivity index (χ2n) is 3.30. The van der Waals surface area contributed by atoms with E-state index in [1.54, 1.807) is 11.9 Å². The van der Waals surface area contributed by atoms with Crippen molar-refractivity contribution >= 4 is 22.0 Å². The molecule has 1 aromatic rings. The lowest BCUT2D eigenvalue weighted by Crippen LogP contribution is -2.36. The summed E-state index contributed by atoms with van der Waals surface area (Å²) < 4.78 is 1.03. The van der Waals surface area contributed by atoms with E-state index in [9.17, 15) is 4.79 Å². The number of nitrogens with one attached hydrogen (secondary N) is 1. The van der Waals surface area contributed by atoms with E-state index in [1.807, 2.05) is 31.2 Å². The molecule has 82 valence electrons. The standard InChI is InChI=1S/C11H15BrN2O/c1-3-14(2)11(15)13-8-9-5-4-6-10(12)7-9/h4-7H,3,8H2,1-2H3,(H,13,15). The molecule has 2 amide bonds. The van der Waals surface area contributed by atoms with E-state index in [4.69, 9.17) is 0 Å². The number of rotatable bonds is 3. The van der Waals surface area contributed by atoms with E-state index in [2.05, 4.69) is 21.2 Å². The quantitative estimate of drug-likeness (QED) is 0.900. The van der Waals surface area contributed by atoms with Crippen molar-refractivity contribution in [2.75, 3.05) is 13.6 Å². The zero-order valence-electron chi connectivity index (χ0n) is 8.96. The van der Waals surface area contributed by atoms with Crippen LogP contribution >= 0.6 is 15.9 Å². The second kappa shape index (κ2) is 5.75. The van der Waals surface area contributed by atoms with E-state index in [0.717, 1.165) is 10.0 Å². The molecule has 0 spiro atoms. The third-order valence-corrected chi connectivity index (χ3v) is 2.65. The van der Waals surface area contributed by atoms with E-state index in [-0.39, 0.29) is 6.03 Å². The molecule has 4 heteroatoms. The summed E-state index contributed by atoms with van der Waals surface area (Å²) in [6.07, 6.45) is 0. The van der Waals surface area contributed by atoms with Crippen LogP contribution in [0.5, 0.6) is 0 Å². The van der Waals surface area contributed by atoms with Gasteiger partial charge in [0.15, 0.2) is 0 Å². The number of urea groups is 1. The fraction of sp³-hybridized carbons (Fsp3) is 0.364. The molecule has 0 aliphatic heterocycles. The molecule has 0 heterocycles. The Hall–Kier alpha value is -1.03. The summed E-state index contributed by atoms with van der Waals surface area (Å²) >= 11 is 3.39.